The third kappa shape index (κ3) is 5.79. The number of nitrogens with two attached hydrogens (primary N) is 1. The van der Waals surface area contributed by atoms with Crippen molar-refractivity contribution in [3.8, 4) is 0 Å². The molecule has 8 heteroatoms. The highest BCUT2D eigenvalue weighted by Gasteiger charge is 2.23. The van der Waals surface area contributed by atoms with Gasteiger partial charge in [-0.1, -0.05) is 12.2 Å². The molecule has 0 amide bonds. The van der Waals surface area contributed by atoms with Crippen molar-refractivity contribution in [3.63, 3.8) is 0 Å². The molecule has 26 heavy (non-hydrogen) atoms. The maximum Gasteiger partial charge on any atom is 0.156 e. The molecule has 3 rings (SSSR count). The first kappa shape index (κ1) is 23.1. The summed E-state index contributed by atoms with van der Waals surface area (Å²) >= 11 is 0. The normalized spacial score (nSPS) is 17.1. The van der Waals surface area contributed by atoms with Gasteiger partial charge in [0.05, 0.1) is 5.69 Å². The third-order valence-corrected chi connectivity index (χ3v) is 4.70. The van der Waals surface area contributed by atoms with Gasteiger partial charge >= 0.3 is 0 Å². The zero-order chi connectivity index (χ0) is 16.8. The summed E-state index contributed by atoms with van der Waals surface area (Å²) in [6.45, 7) is 8.87. The number of rotatable bonds is 6. The SMILES string of the molecule is CCOCc1nc2c(c(N3CC=CCC3)n1)CCN(CCN)CC2.Cl.Cl. The zero-order valence-electron chi connectivity index (χ0n) is 15.5. The van der Waals surface area contributed by atoms with Crippen molar-refractivity contribution in [1.29, 1.82) is 0 Å². The van der Waals surface area contributed by atoms with E-state index in [0.717, 1.165) is 63.6 Å². The van der Waals surface area contributed by atoms with E-state index in [4.69, 9.17) is 20.4 Å². The Bertz CT molecular complexity index is 585. The lowest BCUT2D eigenvalue weighted by molar-refractivity contribution is 0.128. The van der Waals surface area contributed by atoms with Crippen LogP contribution < -0.4 is 10.6 Å². The van der Waals surface area contributed by atoms with Gasteiger partial charge in [-0.15, -0.1) is 24.8 Å². The molecule has 6 nitrogen and oxygen atoms in total. The van der Waals surface area contributed by atoms with E-state index in [2.05, 4.69) is 22.0 Å². The Labute approximate surface area is 169 Å². The molecule has 0 bridgehead atoms. The zero-order valence-corrected chi connectivity index (χ0v) is 17.2. The number of hydrogen-bond acceptors (Lipinski definition) is 6. The van der Waals surface area contributed by atoms with Crippen molar-refractivity contribution in [2.45, 2.75) is 32.8 Å². The highest BCUT2D eigenvalue weighted by atomic mass is 35.5. The molecule has 3 heterocycles. The number of anilines is 1. The highest BCUT2D eigenvalue weighted by molar-refractivity contribution is 5.85. The average Bonchev–Trinajstić information content (AvgIpc) is 2.83. The van der Waals surface area contributed by atoms with Gasteiger partial charge in [-0.05, 0) is 19.8 Å². The number of halogens is 2. The number of fused-ring (bicyclic) bond motifs is 1. The first-order chi connectivity index (χ1) is 11.8. The summed E-state index contributed by atoms with van der Waals surface area (Å²) in [5, 5.41) is 0. The van der Waals surface area contributed by atoms with Gasteiger partial charge in [0.25, 0.3) is 0 Å². The largest absolute Gasteiger partial charge is 0.374 e. The quantitative estimate of drug-likeness (QED) is 0.732. The van der Waals surface area contributed by atoms with Gasteiger partial charge in [-0.3, -0.25) is 0 Å². The molecule has 0 saturated heterocycles. The second-order valence-corrected chi connectivity index (χ2v) is 6.36. The van der Waals surface area contributed by atoms with Crippen LogP contribution in [0.3, 0.4) is 0 Å². The molecule has 0 atom stereocenters. The number of hydrogen-bond donors (Lipinski definition) is 1. The molecule has 0 spiro atoms. The predicted octanol–water partition coefficient (Wildman–Crippen LogP) is 1.98. The standard InChI is InChI=1S/C18H29N5O.2ClH/c1-2-24-14-17-20-16-7-12-22(13-8-19)11-6-15(16)18(21-17)23-9-4-3-5-10-23;;/h3-4H,2,5-14,19H2,1H3;2*1H. The highest BCUT2D eigenvalue weighted by Crippen LogP contribution is 2.26. The Balaban J connectivity index is 0.00000169. The third-order valence-electron chi connectivity index (χ3n) is 4.70. The number of ether oxygens (including phenoxy) is 1. The Morgan fingerprint density at radius 3 is 2.62 bits per heavy atom. The summed E-state index contributed by atoms with van der Waals surface area (Å²) in [7, 11) is 0. The molecule has 2 aliphatic heterocycles. The lowest BCUT2D eigenvalue weighted by Crippen LogP contribution is -2.32. The van der Waals surface area contributed by atoms with E-state index >= 15 is 0 Å². The summed E-state index contributed by atoms with van der Waals surface area (Å²) in [5.74, 6) is 1.93. The molecular weight excluding hydrogens is 373 g/mol. The van der Waals surface area contributed by atoms with Gasteiger partial charge in [-0.25, -0.2) is 9.97 Å². The van der Waals surface area contributed by atoms with Crippen LogP contribution in [0.4, 0.5) is 5.82 Å². The fraction of sp³-hybridized carbons (Fsp3) is 0.667. The van der Waals surface area contributed by atoms with Crippen LogP contribution in [0.2, 0.25) is 0 Å². The molecule has 0 aromatic carbocycles. The van der Waals surface area contributed by atoms with E-state index in [1.54, 1.807) is 0 Å². The smallest absolute Gasteiger partial charge is 0.156 e. The van der Waals surface area contributed by atoms with Crippen LogP contribution in [0.5, 0.6) is 0 Å². The summed E-state index contributed by atoms with van der Waals surface area (Å²) < 4.78 is 5.56. The van der Waals surface area contributed by atoms with Gasteiger partial charge in [0.1, 0.15) is 12.4 Å². The Morgan fingerprint density at radius 1 is 1.12 bits per heavy atom. The minimum Gasteiger partial charge on any atom is -0.374 e. The number of nitrogens with zero attached hydrogens (tertiary/aromatic N) is 4. The van der Waals surface area contributed by atoms with Crippen LogP contribution in [0, 0.1) is 0 Å². The Kier molecular flexibility index (Phi) is 10.4. The van der Waals surface area contributed by atoms with Crippen LogP contribution in [0.1, 0.15) is 30.4 Å². The average molecular weight is 404 g/mol. The Hall–Kier alpha value is -0.920. The molecule has 148 valence electrons. The van der Waals surface area contributed by atoms with Crippen molar-refractivity contribution in [3.05, 3.63) is 29.2 Å². The molecule has 0 radical (unpaired) electrons. The molecule has 0 aliphatic carbocycles. The minimum atomic E-state index is 0. The van der Waals surface area contributed by atoms with Gasteiger partial charge < -0.3 is 20.3 Å². The molecular formula is C18H31Cl2N5O. The monoisotopic (exact) mass is 403 g/mol. The molecule has 0 fully saturated rings. The van der Waals surface area contributed by atoms with Gasteiger partial charge in [0.2, 0.25) is 0 Å². The first-order valence-corrected chi connectivity index (χ1v) is 9.10. The summed E-state index contributed by atoms with van der Waals surface area (Å²) in [6, 6.07) is 0. The maximum atomic E-state index is 5.74. The first-order valence-electron chi connectivity index (χ1n) is 9.10. The van der Waals surface area contributed by atoms with Crippen LogP contribution in [0.25, 0.3) is 0 Å². The van der Waals surface area contributed by atoms with E-state index < -0.39 is 0 Å². The van der Waals surface area contributed by atoms with Crippen molar-refractivity contribution in [1.82, 2.24) is 14.9 Å². The van der Waals surface area contributed by atoms with Crippen LogP contribution in [0.15, 0.2) is 12.2 Å². The second kappa shape index (κ2) is 11.7. The van der Waals surface area contributed by atoms with Crippen molar-refractivity contribution in [2.75, 3.05) is 50.8 Å². The van der Waals surface area contributed by atoms with Crippen LogP contribution >= 0.6 is 24.8 Å². The van der Waals surface area contributed by atoms with E-state index in [-0.39, 0.29) is 24.8 Å². The molecule has 2 aliphatic rings. The van der Waals surface area contributed by atoms with E-state index in [9.17, 15) is 0 Å². The van der Waals surface area contributed by atoms with Gasteiger partial charge in [0, 0.05) is 57.9 Å². The molecule has 1 aromatic heterocycles. The lowest BCUT2D eigenvalue weighted by atomic mass is 10.1. The summed E-state index contributed by atoms with van der Waals surface area (Å²) in [6.07, 6.45) is 7.53. The topological polar surface area (TPSA) is 67.5 Å². The minimum absolute atomic E-state index is 0. The summed E-state index contributed by atoms with van der Waals surface area (Å²) in [4.78, 5) is 14.5. The molecule has 0 unspecified atom stereocenters. The van der Waals surface area contributed by atoms with Gasteiger partial charge in [0.15, 0.2) is 5.82 Å². The lowest BCUT2D eigenvalue weighted by Gasteiger charge is -2.27. The fourth-order valence-electron chi connectivity index (χ4n) is 3.43. The molecule has 1 aromatic rings. The maximum absolute atomic E-state index is 5.74. The molecule has 2 N–H and O–H groups in total. The second-order valence-electron chi connectivity index (χ2n) is 6.36. The fourth-order valence-corrected chi connectivity index (χ4v) is 3.43. The van der Waals surface area contributed by atoms with Gasteiger partial charge in [-0.2, -0.15) is 0 Å². The van der Waals surface area contributed by atoms with E-state index in [0.29, 0.717) is 19.8 Å². The number of aromatic nitrogens is 2. The van der Waals surface area contributed by atoms with Crippen LogP contribution in [-0.2, 0) is 24.2 Å². The predicted molar refractivity (Wildman–Crippen MR) is 111 cm³/mol. The van der Waals surface area contributed by atoms with Crippen molar-refractivity contribution < 1.29 is 4.74 Å². The van der Waals surface area contributed by atoms with E-state index in [1.165, 1.54) is 11.3 Å². The van der Waals surface area contributed by atoms with Crippen molar-refractivity contribution >= 4 is 30.6 Å². The molecule has 0 saturated carbocycles. The van der Waals surface area contributed by atoms with Crippen LogP contribution in [-0.4, -0.2) is 60.7 Å². The Morgan fingerprint density at radius 2 is 1.92 bits per heavy atom. The van der Waals surface area contributed by atoms with E-state index in [1.807, 2.05) is 6.92 Å². The summed E-state index contributed by atoms with van der Waals surface area (Å²) in [5.41, 5.74) is 8.26. The van der Waals surface area contributed by atoms with Crippen molar-refractivity contribution in [2.24, 2.45) is 5.73 Å².